The second-order valence-corrected chi connectivity index (χ2v) is 4.61. The molecule has 2 rings (SSSR count). The third-order valence-electron chi connectivity index (χ3n) is 3.07. The van der Waals surface area contributed by atoms with Gasteiger partial charge in [0.25, 0.3) is 5.91 Å². The first-order valence-electron chi connectivity index (χ1n) is 5.99. The molecule has 1 amide bonds. The third kappa shape index (κ3) is 3.27. The molecular weight excluding hydrogens is 256 g/mol. The van der Waals surface area contributed by atoms with E-state index in [1.807, 2.05) is 0 Å². The number of carbonyl (C=O) groups is 2. The Kier molecular flexibility index (Phi) is 3.78. The molecule has 1 fully saturated rings. The van der Waals surface area contributed by atoms with E-state index < -0.39 is 29.1 Å². The van der Waals surface area contributed by atoms with Crippen LogP contribution in [0, 0.1) is 17.6 Å². The normalized spacial score (nSPS) is 14.2. The number of aromatic carboxylic acids is 1. The lowest BCUT2D eigenvalue weighted by molar-refractivity contribution is 0.0690. The standard InChI is InChI=1S/C13H13F2NO3/c14-10-5-8(9(13(18)19)6-11(10)15)12(17)16-4-3-7-1-2-7/h5-7H,1-4H2,(H,16,17)(H,18,19). The summed E-state index contributed by atoms with van der Waals surface area (Å²) in [5, 5.41) is 11.4. The molecule has 1 aliphatic carbocycles. The van der Waals surface area contributed by atoms with Gasteiger partial charge in [-0.05, 0) is 24.5 Å². The summed E-state index contributed by atoms with van der Waals surface area (Å²) < 4.78 is 26.1. The van der Waals surface area contributed by atoms with E-state index >= 15 is 0 Å². The van der Waals surface area contributed by atoms with Crippen molar-refractivity contribution in [2.45, 2.75) is 19.3 Å². The Hall–Kier alpha value is -1.98. The first-order chi connectivity index (χ1) is 8.99. The first kappa shape index (κ1) is 13.5. The summed E-state index contributed by atoms with van der Waals surface area (Å²) in [4.78, 5) is 22.7. The number of nitrogens with one attached hydrogen (secondary N) is 1. The van der Waals surface area contributed by atoms with Gasteiger partial charge in [0, 0.05) is 6.54 Å². The van der Waals surface area contributed by atoms with Gasteiger partial charge in [0.05, 0.1) is 11.1 Å². The van der Waals surface area contributed by atoms with E-state index in [9.17, 15) is 18.4 Å². The predicted molar refractivity (Wildman–Crippen MR) is 63.0 cm³/mol. The smallest absolute Gasteiger partial charge is 0.336 e. The molecule has 1 aliphatic rings. The van der Waals surface area contributed by atoms with Crippen molar-refractivity contribution in [1.29, 1.82) is 0 Å². The molecule has 1 saturated carbocycles. The number of hydrogen-bond acceptors (Lipinski definition) is 2. The fourth-order valence-corrected chi connectivity index (χ4v) is 1.80. The minimum atomic E-state index is -1.47. The average Bonchev–Trinajstić information content (AvgIpc) is 3.15. The number of halogens is 2. The van der Waals surface area contributed by atoms with Crippen molar-refractivity contribution in [3.8, 4) is 0 Å². The van der Waals surface area contributed by atoms with Crippen molar-refractivity contribution < 1.29 is 23.5 Å². The fraction of sp³-hybridized carbons (Fsp3) is 0.385. The maximum absolute atomic E-state index is 13.1. The van der Waals surface area contributed by atoms with Crippen LogP contribution in [-0.2, 0) is 0 Å². The minimum absolute atomic E-state index is 0.359. The van der Waals surface area contributed by atoms with Crippen molar-refractivity contribution in [3.63, 3.8) is 0 Å². The molecular formula is C13H13F2NO3. The molecule has 0 spiro atoms. The zero-order valence-corrected chi connectivity index (χ0v) is 10.1. The monoisotopic (exact) mass is 269 g/mol. The van der Waals surface area contributed by atoms with E-state index in [-0.39, 0.29) is 5.56 Å². The van der Waals surface area contributed by atoms with Crippen LogP contribution in [0.25, 0.3) is 0 Å². The lowest BCUT2D eigenvalue weighted by Crippen LogP contribution is -2.27. The Morgan fingerprint density at radius 3 is 2.32 bits per heavy atom. The van der Waals surface area contributed by atoms with Crippen molar-refractivity contribution in [1.82, 2.24) is 5.32 Å². The maximum atomic E-state index is 13.1. The highest BCUT2D eigenvalue weighted by atomic mass is 19.2. The van der Waals surface area contributed by atoms with Crippen LogP contribution in [0.4, 0.5) is 8.78 Å². The van der Waals surface area contributed by atoms with E-state index in [2.05, 4.69) is 5.32 Å². The summed E-state index contributed by atoms with van der Waals surface area (Å²) in [6.07, 6.45) is 3.10. The van der Waals surface area contributed by atoms with E-state index in [0.717, 1.165) is 19.3 Å². The summed E-state index contributed by atoms with van der Waals surface area (Å²) in [5.74, 6) is -4.07. The number of carboxylic acids is 1. The Bertz CT molecular complexity index is 527. The fourth-order valence-electron chi connectivity index (χ4n) is 1.80. The van der Waals surface area contributed by atoms with Crippen LogP contribution >= 0.6 is 0 Å². The van der Waals surface area contributed by atoms with E-state index in [1.165, 1.54) is 0 Å². The quantitative estimate of drug-likeness (QED) is 0.861. The highest BCUT2D eigenvalue weighted by Crippen LogP contribution is 2.31. The number of benzene rings is 1. The number of hydrogen-bond donors (Lipinski definition) is 2. The molecule has 0 radical (unpaired) electrons. The first-order valence-corrected chi connectivity index (χ1v) is 5.99. The molecule has 6 heteroatoms. The largest absolute Gasteiger partial charge is 0.478 e. The molecule has 0 aromatic heterocycles. The molecule has 0 bridgehead atoms. The summed E-state index contributed by atoms with van der Waals surface area (Å²) >= 11 is 0. The molecule has 0 aliphatic heterocycles. The van der Waals surface area contributed by atoms with E-state index in [0.29, 0.717) is 24.6 Å². The zero-order chi connectivity index (χ0) is 14.0. The lowest BCUT2D eigenvalue weighted by Gasteiger charge is -2.08. The Balaban J connectivity index is 2.13. The molecule has 4 nitrogen and oxygen atoms in total. The lowest BCUT2D eigenvalue weighted by atomic mass is 10.1. The van der Waals surface area contributed by atoms with E-state index in [1.54, 1.807) is 0 Å². The summed E-state index contributed by atoms with van der Waals surface area (Å²) in [6.45, 7) is 0.404. The van der Waals surface area contributed by atoms with Crippen LogP contribution in [0.5, 0.6) is 0 Å². The topological polar surface area (TPSA) is 66.4 Å². The van der Waals surface area contributed by atoms with Crippen LogP contribution in [0.15, 0.2) is 12.1 Å². The van der Waals surface area contributed by atoms with Crippen molar-refractivity contribution in [2.24, 2.45) is 5.92 Å². The van der Waals surface area contributed by atoms with Gasteiger partial charge in [-0.25, -0.2) is 13.6 Å². The molecule has 1 aromatic carbocycles. The number of carboxylic acid groups (broad SMARTS) is 1. The van der Waals surface area contributed by atoms with Crippen LogP contribution in [0.1, 0.15) is 40.0 Å². The second-order valence-electron chi connectivity index (χ2n) is 4.61. The van der Waals surface area contributed by atoms with E-state index in [4.69, 9.17) is 5.11 Å². The molecule has 0 heterocycles. The van der Waals surface area contributed by atoms with Gasteiger partial charge >= 0.3 is 5.97 Å². The van der Waals surface area contributed by atoms with Gasteiger partial charge in [-0.15, -0.1) is 0 Å². The van der Waals surface area contributed by atoms with Gasteiger partial charge in [0.1, 0.15) is 0 Å². The van der Waals surface area contributed by atoms with Crippen LogP contribution in [0.2, 0.25) is 0 Å². The second kappa shape index (κ2) is 5.34. The van der Waals surface area contributed by atoms with Gasteiger partial charge < -0.3 is 10.4 Å². The Labute approximate surface area is 108 Å². The Morgan fingerprint density at radius 2 is 1.79 bits per heavy atom. The zero-order valence-electron chi connectivity index (χ0n) is 10.1. The van der Waals surface area contributed by atoms with Gasteiger partial charge in [-0.1, -0.05) is 12.8 Å². The molecule has 19 heavy (non-hydrogen) atoms. The van der Waals surface area contributed by atoms with Crippen LogP contribution in [0.3, 0.4) is 0 Å². The number of amides is 1. The molecule has 0 atom stereocenters. The molecule has 0 saturated heterocycles. The van der Waals surface area contributed by atoms with Crippen LogP contribution < -0.4 is 5.32 Å². The minimum Gasteiger partial charge on any atom is -0.478 e. The van der Waals surface area contributed by atoms with Gasteiger partial charge in [0.15, 0.2) is 11.6 Å². The highest BCUT2D eigenvalue weighted by Gasteiger charge is 2.23. The van der Waals surface area contributed by atoms with Gasteiger partial charge in [-0.2, -0.15) is 0 Å². The van der Waals surface area contributed by atoms with Crippen molar-refractivity contribution in [2.75, 3.05) is 6.54 Å². The number of rotatable bonds is 5. The third-order valence-corrected chi connectivity index (χ3v) is 3.07. The molecule has 102 valence electrons. The highest BCUT2D eigenvalue weighted by molar-refractivity contribution is 6.04. The summed E-state index contributed by atoms with van der Waals surface area (Å²) in [5.41, 5.74) is -0.898. The Morgan fingerprint density at radius 1 is 1.21 bits per heavy atom. The molecule has 0 unspecified atom stereocenters. The van der Waals surface area contributed by atoms with Crippen molar-refractivity contribution >= 4 is 11.9 Å². The number of carbonyl (C=O) groups excluding carboxylic acids is 1. The molecule has 1 aromatic rings. The van der Waals surface area contributed by atoms with Gasteiger partial charge in [-0.3, -0.25) is 4.79 Å². The molecule has 2 N–H and O–H groups in total. The summed E-state index contributed by atoms with van der Waals surface area (Å²) in [6, 6.07) is 1.14. The SMILES string of the molecule is O=C(O)c1cc(F)c(F)cc1C(=O)NCCC1CC1. The van der Waals surface area contributed by atoms with Gasteiger partial charge in [0.2, 0.25) is 0 Å². The average molecular weight is 269 g/mol. The predicted octanol–water partition coefficient (Wildman–Crippen LogP) is 2.19. The van der Waals surface area contributed by atoms with Crippen LogP contribution in [-0.4, -0.2) is 23.5 Å². The summed E-state index contributed by atoms with van der Waals surface area (Å²) in [7, 11) is 0. The maximum Gasteiger partial charge on any atom is 0.336 e. The van der Waals surface area contributed by atoms with Crippen molar-refractivity contribution in [3.05, 3.63) is 34.9 Å².